The molecule has 0 saturated carbocycles. The van der Waals surface area contributed by atoms with Gasteiger partial charge in [0.25, 0.3) is 0 Å². The molecule has 2 N–H and O–H groups in total. The molecule has 0 aromatic carbocycles. The van der Waals surface area contributed by atoms with E-state index in [0.717, 1.165) is 15.4 Å². The van der Waals surface area contributed by atoms with Gasteiger partial charge < -0.3 is 10.2 Å². The summed E-state index contributed by atoms with van der Waals surface area (Å²) in [6, 6.07) is 0. The van der Waals surface area contributed by atoms with Crippen molar-refractivity contribution in [1.82, 2.24) is 0 Å². The van der Waals surface area contributed by atoms with E-state index in [2.05, 4.69) is 0 Å². The molecule has 0 aromatic heterocycles. The molecule has 0 bridgehead atoms. The Morgan fingerprint density at radius 3 is 1.43 bits per heavy atom. The Morgan fingerprint density at radius 2 is 1.43 bits per heavy atom. The third-order valence-electron chi connectivity index (χ3n) is 0. The van der Waals surface area contributed by atoms with E-state index in [-0.39, 0.29) is 51.4 Å². The first-order chi connectivity index (χ1) is 2.73. The zero-order valence-electron chi connectivity index (χ0n) is 3.18. The van der Waals surface area contributed by atoms with Crippen LogP contribution in [-0.2, 0) is 0 Å². The maximum absolute atomic E-state index is 8.56. The van der Waals surface area contributed by atoms with E-state index in [1.54, 1.807) is 0 Å². The molecule has 0 spiro atoms. The molecule has 0 fully saturated rings. The molecule has 0 amide bonds. The van der Waals surface area contributed by atoms with E-state index >= 15 is 0 Å². The average molecular weight is 167 g/mol. The monoisotopic (exact) mass is 166 g/mol. The second-order valence-electron chi connectivity index (χ2n) is 0.283. The summed E-state index contributed by atoms with van der Waals surface area (Å²) >= 11 is 0.778. The molecule has 0 atom stereocenters. The first-order valence-corrected chi connectivity index (χ1v) is 4.05. The van der Waals surface area contributed by atoms with Crippen molar-refractivity contribution in [2.45, 2.75) is 0 Å². The van der Waals surface area contributed by atoms with Crippen molar-refractivity contribution in [1.29, 1.82) is 0 Å². The van der Waals surface area contributed by atoms with Gasteiger partial charge in [-0.15, -0.1) is 0 Å². The van der Waals surface area contributed by atoms with Crippen LogP contribution in [0.1, 0.15) is 0 Å². The summed E-state index contributed by atoms with van der Waals surface area (Å²) in [5.74, 6) is 0. The second-order valence-corrected chi connectivity index (χ2v) is 0.283. The molecule has 6 heteroatoms. The van der Waals surface area contributed by atoms with Crippen LogP contribution >= 0.6 is 10.0 Å². The van der Waals surface area contributed by atoms with E-state index < -0.39 is 6.16 Å². The number of rotatable bonds is 0. The van der Waals surface area contributed by atoms with Gasteiger partial charge in [0.15, 0.2) is 0 Å². The number of carbonyl (C=O) groups is 1. The Balaban J connectivity index is -0.0000000480. The van der Waals surface area contributed by atoms with Crippen molar-refractivity contribution in [2.24, 2.45) is 0 Å². The van der Waals surface area contributed by atoms with E-state index in [4.69, 9.17) is 25.1 Å². The molecule has 0 saturated heterocycles. The minimum absolute atomic E-state index is 0. The maximum atomic E-state index is 8.56. The summed E-state index contributed by atoms with van der Waals surface area (Å²) in [7, 11) is 4.78. The van der Waals surface area contributed by atoms with Crippen molar-refractivity contribution < 1.29 is 15.0 Å². The van der Waals surface area contributed by atoms with Crippen LogP contribution in [0.4, 0.5) is 4.79 Å². The fourth-order valence-corrected chi connectivity index (χ4v) is 0. The Hall–Kier alpha value is 1.73. The van der Waals surface area contributed by atoms with Gasteiger partial charge in [0.05, 0.1) is 0 Å². The van der Waals surface area contributed by atoms with Gasteiger partial charge in [0.2, 0.25) is 0 Å². The quantitative estimate of drug-likeness (QED) is 0.470. The number of halogens is 1. The van der Waals surface area contributed by atoms with E-state index in [0.29, 0.717) is 0 Å². The van der Waals surface area contributed by atoms with Crippen LogP contribution in [0.5, 0.6) is 0 Å². The molecule has 0 aliphatic heterocycles. The summed E-state index contributed by atoms with van der Waals surface area (Å²) in [6.07, 6.45) is -1.83. The van der Waals surface area contributed by atoms with Crippen molar-refractivity contribution in [2.75, 3.05) is 0 Å². The number of hydrogen-bond acceptors (Lipinski definition) is 1. The fourth-order valence-electron chi connectivity index (χ4n) is 0. The normalized spacial score (nSPS) is 4.14. The molecule has 0 rings (SSSR count). The van der Waals surface area contributed by atoms with Gasteiger partial charge in [-0.3, -0.25) is 10.0 Å². The summed E-state index contributed by atoms with van der Waals surface area (Å²) in [4.78, 5) is 8.56. The average Bonchev–Trinajstić information content (AvgIpc) is 1.41. The van der Waals surface area contributed by atoms with Crippen LogP contribution in [0, 0.1) is 0 Å². The molecule has 3 nitrogen and oxygen atoms in total. The third-order valence-corrected chi connectivity index (χ3v) is 0. The first kappa shape index (κ1) is 15.9. The molecule has 7 heavy (non-hydrogen) atoms. The van der Waals surface area contributed by atoms with Crippen molar-refractivity contribution in [3.8, 4) is 0 Å². The van der Waals surface area contributed by atoms with Gasteiger partial charge in [-0.05, 0) is 0 Å². The second kappa shape index (κ2) is 15.6. The van der Waals surface area contributed by atoms with E-state index in [9.17, 15) is 0 Å². The fraction of sp³-hybridized carbons (Fsp3) is 0. The van der Waals surface area contributed by atoms with Gasteiger partial charge in [0.1, 0.15) is 0 Å². The molecule has 0 aromatic rings. The Labute approximate surface area is 96.1 Å². The number of hydrogen-bond donors (Lipinski definition) is 2. The molecule has 0 heterocycles. The van der Waals surface area contributed by atoms with Gasteiger partial charge in [-0.2, -0.15) is 0 Å². The molecule has 0 aliphatic rings. The molecule has 38 valence electrons. The predicted octanol–water partition coefficient (Wildman–Crippen LogP) is -0.653. The van der Waals surface area contributed by atoms with Crippen LogP contribution in [-0.4, -0.2) is 83.1 Å². The zero-order chi connectivity index (χ0) is 5.58. The zero-order valence-corrected chi connectivity index (χ0v) is 5.94. The standard InChI is InChI=1S/CH2O3.Al.ClH.K.3H/c2-1(3)4;;;;;;/h(H2,2,3,4);;1H;;;;/q;+1;;;;;/p-1. The molecule has 0 unspecified atom stereocenters. The Morgan fingerprint density at radius 1 is 1.43 bits per heavy atom. The topological polar surface area (TPSA) is 57.5 Å². The van der Waals surface area contributed by atoms with Crippen LogP contribution in [0.2, 0.25) is 0 Å². The van der Waals surface area contributed by atoms with Crippen LogP contribution in [0.25, 0.3) is 0 Å². The summed E-state index contributed by atoms with van der Waals surface area (Å²) < 4.78 is 0. The Kier molecular flexibility index (Phi) is 35.5. The predicted molar refractivity (Wildman–Crippen MR) is 32.2 cm³/mol. The van der Waals surface area contributed by atoms with Crippen molar-refractivity contribution in [3.05, 3.63) is 0 Å². The SMILES string of the molecule is O=C(O)O.[AlH2][Cl].[KH]. The summed E-state index contributed by atoms with van der Waals surface area (Å²) in [5.41, 5.74) is 0. The Bertz CT molecular complexity index is 37.9. The van der Waals surface area contributed by atoms with E-state index in [1.807, 2.05) is 0 Å². The van der Waals surface area contributed by atoms with Crippen LogP contribution < -0.4 is 0 Å². The number of carboxylic acid groups (broad SMARTS) is 2. The molecule has 0 aliphatic carbocycles. The third kappa shape index (κ3) is 84.9. The van der Waals surface area contributed by atoms with Gasteiger partial charge in [-0.25, -0.2) is 4.79 Å². The summed E-state index contributed by atoms with van der Waals surface area (Å²) in [5, 5.41) is 13.9. The summed E-state index contributed by atoms with van der Waals surface area (Å²) in [6.45, 7) is 0. The van der Waals surface area contributed by atoms with Gasteiger partial charge >= 0.3 is 72.9 Å². The van der Waals surface area contributed by atoms with Crippen LogP contribution in [0.3, 0.4) is 0 Å². The minimum atomic E-state index is -1.83. The molecular formula is CH5AlClKO3. The molecule has 0 radical (unpaired) electrons. The van der Waals surface area contributed by atoms with Crippen LogP contribution in [0.15, 0.2) is 0 Å². The molecular weight excluding hydrogens is 162 g/mol. The van der Waals surface area contributed by atoms with Crippen molar-refractivity contribution >= 4 is 83.0 Å². The van der Waals surface area contributed by atoms with E-state index in [1.165, 1.54) is 0 Å². The van der Waals surface area contributed by atoms with Gasteiger partial charge in [-0.1, -0.05) is 0 Å². The van der Waals surface area contributed by atoms with Gasteiger partial charge in [0, 0.05) is 0 Å². The first-order valence-electron chi connectivity index (χ1n) is 1.03. The van der Waals surface area contributed by atoms with Crippen molar-refractivity contribution in [3.63, 3.8) is 0 Å².